The van der Waals surface area contributed by atoms with E-state index in [0.29, 0.717) is 5.75 Å². The Morgan fingerprint density at radius 3 is 1.44 bits per heavy atom. The molecule has 1 aromatic carbocycles. The van der Waals surface area contributed by atoms with Crippen LogP contribution in [0.3, 0.4) is 0 Å². The fourth-order valence-electron chi connectivity index (χ4n) is 1.84. The summed E-state index contributed by atoms with van der Waals surface area (Å²) >= 11 is 0. The Morgan fingerprint density at radius 1 is 0.875 bits per heavy atom. The highest BCUT2D eigenvalue weighted by Crippen LogP contribution is 2.39. The smallest absolute Gasteiger partial charge is 0.128 e. The molecule has 0 saturated carbocycles. The fraction of sp³-hybridized carbons (Fsp3) is 0.571. The average Bonchev–Trinajstić information content (AvgIpc) is 2.04. The SMILES string of the molecule is CC(C)(C)c1cc([NH3+])cc(C(C)(C)C)c1O. The zero-order chi connectivity index (χ0) is 12.7. The lowest BCUT2D eigenvalue weighted by molar-refractivity contribution is -0.255. The van der Waals surface area contributed by atoms with E-state index in [0.717, 1.165) is 16.8 Å². The van der Waals surface area contributed by atoms with Crippen molar-refractivity contribution in [3.63, 3.8) is 0 Å². The summed E-state index contributed by atoms with van der Waals surface area (Å²) < 4.78 is 0. The van der Waals surface area contributed by atoms with E-state index in [1.54, 1.807) is 0 Å². The molecule has 1 aromatic rings. The number of phenolic OH excluding ortho intramolecular Hbond substituents is 1. The molecule has 0 spiro atoms. The van der Waals surface area contributed by atoms with Gasteiger partial charge in [0.05, 0.1) is 0 Å². The molecule has 2 nitrogen and oxygen atoms in total. The van der Waals surface area contributed by atoms with Crippen molar-refractivity contribution < 1.29 is 10.8 Å². The van der Waals surface area contributed by atoms with Gasteiger partial charge in [-0.15, -0.1) is 0 Å². The van der Waals surface area contributed by atoms with Crippen LogP contribution in [-0.4, -0.2) is 5.11 Å². The fourth-order valence-corrected chi connectivity index (χ4v) is 1.84. The third-order valence-corrected chi connectivity index (χ3v) is 2.79. The number of quaternary nitrogens is 1. The molecule has 0 amide bonds. The molecule has 16 heavy (non-hydrogen) atoms. The lowest BCUT2D eigenvalue weighted by atomic mass is 9.79. The van der Waals surface area contributed by atoms with Crippen molar-refractivity contribution in [2.75, 3.05) is 0 Å². The van der Waals surface area contributed by atoms with E-state index >= 15 is 0 Å². The first-order chi connectivity index (χ1) is 7.03. The van der Waals surface area contributed by atoms with E-state index in [4.69, 9.17) is 0 Å². The first kappa shape index (κ1) is 13.0. The largest absolute Gasteiger partial charge is 0.507 e. The third kappa shape index (κ3) is 2.56. The summed E-state index contributed by atoms with van der Waals surface area (Å²) in [5, 5.41) is 10.4. The summed E-state index contributed by atoms with van der Waals surface area (Å²) in [4.78, 5) is 0. The van der Waals surface area contributed by atoms with Crippen LogP contribution in [0.2, 0.25) is 0 Å². The quantitative estimate of drug-likeness (QED) is 0.696. The van der Waals surface area contributed by atoms with Crippen LogP contribution in [0.5, 0.6) is 5.75 Å². The minimum atomic E-state index is -0.0578. The minimum Gasteiger partial charge on any atom is -0.507 e. The molecule has 0 saturated heterocycles. The van der Waals surface area contributed by atoms with Crippen molar-refractivity contribution in [1.82, 2.24) is 0 Å². The molecule has 0 fully saturated rings. The first-order valence-electron chi connectivity index (χ1n) is 5.73. The zero-order valence-electron chi connectivity index (χ0n) is 11.3. The van der Waals surface area contributed by atoms with Crippen LogP contribution < -0.4 is 5.73 Å². The van der Waals surface area contributed by atoms with Gasteiger partial charge in [-0.25, -0.2) is 0 Å². The Morgan fingerprint density at radius 2 is 1.19 bits per heavy atom. The molecule has 1 rings (SSSR count). The van der Waals surface area contributed by atoms with Crippen LogP contribution in [0.25, 0.3) is 0 Å². The Hall–Kier alpha value is -1.02. The maximum atomic E-state index is 10.4. The predicted octanol–water partition coefficient (Wildman–Crippen LogP) is 2.86. The van der Waals surface area contributed by atoms with E-state index in [2.05, 4.69) is 47.3 Å². The van der Waals surface area contributed by atoms with Crippen LogP contribution in [0.15, 0.2) is 12.1 Å². The van der Waals surface area contributed by atoms with Crippen LogP contribution in [0, 0.1) is 0 Å². The first-order valence-corrected chi connectivity index (χ1v) is 5.73. The molecule has 0 aliphatic heterocycles. The van der Waals surface area contributed by atoms with E-state index in [-0.39, 0.29) is 10.8 Å². The van der Waals surface area contributed by atoms with Crippen molar-refractivity contribution in [3.8, 4) is 5.75 Å². The second kappa shape index (κ2) is 3.77. The third-order valence-electron chi connectivity index (χ3n) is 2.79. The maximum Gasteiger partial charge on any atom is 0.128 e. The topological polar surface area (TPSA) is 47.9 Å². The monoisotopic (exact) mass is 222 g/mol. The molecule has 0 atom stereocenters. The zero-order valence-corrected chi connectivity index (χ0v) is 11.3. The van der Waals surface area contributed by atoms with Crippen LogP contribution in [-0.2, 0) is 10.8 Å². The van der Waals surface area contributed by atoms with Gasteiger partial charge in [-0.1, -0.05) is 41.5 Å². The van der Waals surface area contributed by atoms with Gasteiger partial charge in [0.15, 0.2) is 0 Å². The number of benzene rings is 1. The van der Waals surface area contributed by atoms with Crippen molar-refractivity contribution in [3.05, 3.63) is 23.3 Å². The second-order valence-electron chi connectivity index (χ2n) is 6.54. The molecule has 0 heterocycles. The highest BCUT2D eigenvalue weighted by molar-refractivity contribution is 5.53. The van der Waals surface area contributed by atoms with Crippen LogP contribution >= 0.6 is 0 Å². The van der Waals surface area contributed by atoms with Gasteiger partial charge in [-0.05, 0) is 10.8 Å². The summed E-state index contributed by atoms with van der Waals surface area (Å²) in [6.45, 7) is 12.6. The van der Waals surface area contributed by atoms with E-state index in [9.17, 15) is 5.11 Å². The molecular weight excluding hydrogens is 198 g/mol. The van der Waals surface area contributed by atoms with Crippen LogP contribution in [0.4, 0.5) is 5.69 Å². The summed E-state index contributed by atoms with van der Waals surface area (Å²) in [7, 11) is 0. The van der Waals surface area contributed by atoms with E-state index in [1.165, 1.54) is 0 Å². The summed E-state index contributed by atoms with van der Waals surface area (Å²) in [6, 6.07) is 3.95. The maximum absolute atomic E-state index is 10.4. The molecule has 0 aromatic heterocycles. The van der Waals surface area contributed by atoms with Gasteiger partial charge in [0, 0.05) is 23.3 Å². The standard InChI is InChI=1S/C14H23NO/c1-13(2,3)10-7-9(15)8-11(12(10)16)14(4,5)6/h7-8,16H,15H2,1-6H3/p+1. The average molecular weight is 222 g/mol. The van der Waals surface area contributed by atoms with Crippen molar-refractivity contribution >= 4 is 5.69 Å². The lowest BCUT2D eigenvalue weighted by Crippen LogP contribution is -2.41. The molecule has 0 radical (unpaired) electrons. The molecule has 0 aliphatic carbocycles. The second-order valence-corrected chi connectivity index (χ2v) is 6.54. The minimum absolute atomic E-state index is 0.0578. The molecule has 2 heteroatoms. The molecular formula is C14H24NO+. The van der Waals surface area contributed by atoms with Gasteiger partial charge in [0.25, 0.3) is 0 Å². The van der Waals surface area contributed by atoms with Gasteiger partial charge in [0.1, 0.15) is 11.4 Å². The van der Waals surface area contributed by atoms with Gasteiger partial charge in [-0.3, -0.25) is 0 Å². The number of aromatic hydroxyl groups is 1. The Labute approximate surface area is 98.5 Å². The van der Waals surface area contributed by atoms with Crippen molar-refractivity contribution in [2.45, 2.75) is 52.4 Å². The van der Waals surface area contributed by atoms with E-state index < -0.39 is 0 Å². The van der Waals surface area contributed by atoms with Gasteiger partial charge in [0.2, 0.25) is 0 Å². The molecule has 90 valence electrons. The van der Waals surface area contributed by atoms with Gasteiger partial charge in [-0.2, -0.15) is 0 Å². The Bertz CT molecular complexity index is 359. The van der Waals surface area contributed by atoms with Crippen LogP contribution in [0.1, 0.15) is 52.7 Å². The molecule has 0 aliphatic rings. The highest BCUT2D eigenvalue weighted by atomic mass is 16.3. The Kier molecular flexibility index (Phi) is 3.08. The summed E-state index contributed by atoms with van der Waals surface area (Å²) in [5.74, 6) is 0.424. The number of rotatable bonds is 0. The van der Waals surface area contributed by atoms with E-state index in [1.807, 2.05) is 12.1 Å². The van der Waals surface area contributed by atoms with Crippen molar-refractivity contribution in [2.24, 2.45) is 0 Å². The predicted molar refractivity (Wildman–Crippen MR) is 68.1 cm³/mol. The van der Waals surface area contributed by atoms with Gasteiger partial charge < -0.3 is 10.8 Å². The molecule has 0 bridgehead atoms. The van der Waals surface area contributed by atoms with Crippen molar-refractivity contribution in [1.29, 1.82) is 0 Å². The molecule has 4 N–H and O–H groups in total. The summed E-state index contributed by atoms with van der Waals surface area (Å²) in [5.41, 5.74) is 6.80. The highest BCUT2D eigenvalue weighted by Gasteiger charge is 2.26. The normalized spacial score (nSPS) is 12.9. The Balaban J connectivity index is 3.51. The lowest BCUT2D eigenvalue weighted by Gasteiger charge is -2.26. The molecule has 0 unspecified atom stereocenters. The number of hydrogen-bond donors (Lipinski definition) is 2. The summed E-state index contributed by atoms with van der Waals surface area (Å²) in [6.07, 6.45) is 0. The number of hydrogen-bond acceptors (Lipinski definition) is 1. The van der Waals surface area contributed by atoms with Gasteiger partial charge >= 0.3 is 0 Å². The number of phenols is 1.